The lowest BCUT2D eigenvalue weighted by atomic mass is 10.3. The van der Waals surface area contributed by atoms with E-state index in [0.717, 1.165) is 38.7 Å². The summed E-state index contributed by atoms with van der Waals surface area (Å²) in [4.78, 5) is 13.3. The zero-order chi connectivity index (χ0) is 13.4. The lowest BCUT2D eigenvalue weighted by molar-refractivity contribution is 0.242. The van der Waals surface area contributed by atoms with Crippen LogP contribution in [0.4, 0.5) is 5.95 Å². The van der Waals surface area contributed by atoms with Crippen LogP contribution >= 0.6 is 0 Å². The zero-order valence-electron chi connectivity index (χ0n) is 11.4. The molecule has 1 aliphatic heterocycles. The molecule has 2 aromatic rings. The standard InChI is InChI=1S/C13H19N7/c1-2-11(1)20-10-14-7-12(20)8-18-3-5-19(6-4-18)13-15-9-16-17-13/h7,9-11H,1-6,8H2,(H,15,16,17). The summed E-state index contributed by atoms with van der Waals surface area (Å²) in [6, 6.07) is 0.711. The monoisotopic (exact) mass is 273 g/mol. The van der Waals surface area contributed by atoms with Crippen LogP contribution in [0.3, 0.4) is 0 Å². The van der Waals surface area contributed by atoms with Gasteiger partial charge < -0.3 is 9.47 Å². The number of nitrogens with one attached hydrogen (secondary N) is 1. The van der Waals surface area contributed by atoms with E-state index in [2.05, 4.69) is 34.5 Å². The minimum atomic E-state index is 0.711. The van der Waals surface area contributed by atoms with E-state index < -0.39 is 0 Å². The van der Waals surface area contributed by atoms with Gasteiger partial charge in [-0.2, -0.15) is 10.1 Å². The molecule has 2 fully saturated rings. The molecule has 7 nitrogen and oxygen atoms in total. The van der Waals surface area contributed by atoms with E-state index in [4.69, 9.17) is 0 Å². The van der Waals surface area contributed by atoms with Crippen LogP contribution in [-0.4, -0.2) is 55.8 Å². The molecule has 7 heteroatoms. The summed E-state index contributed by atoms with van der Waals surface area (Å²) in [5.74, 6) is 0.882. The average Bonchev–Trinajstić information content (AvgIpc) is 3.00. The first-order valence-corrected chi connectivity index (χ1v) is 7.23. The minimum Gasteiger partial charge on any atom is -0.339 e. The highest BCUT2D eigenvalue weighted by molar-refractivity contribution is 5.27. The Hall–Kier alpha value is -1.89. The topological polar surface area (TPSA) is 65.9 Å². The van der Waals surface area contributed by atoms with Gasteiger partial charge in [0, 0.05) is 45.0 Å². The fourth-order valence-electron chi connectivity index (χ4n) is 2.83. The lowest BCUT2D eigenvalue weighted by Gasteiger charge is -2.34. The van der Waals surface area contributed by atoms with Crippen LogP contribution in [0, 0.1) is 0 Å². The maximum absolute atomic E-state index is 4.31. The van der Waals surface area contributed by atoms with Gasteiger partial charge in [0.05, 0.1) is 12.0 Å². The summed E-state index contributed by atoms with van der Waals surface area (Å²) >= 11 is 0. The molecular formula is C13H19N7. The number of H-pyrrole nitrogens is 1. The Morgan fingerprint density at radius 1 is 1.20 bits per heavy atom. The van der Waals surface area contributed by atoms with Crippen molar-refractivity contribution in [3.63, 3.8) is 0 Å². The first kappa shape index (κ1) is 11.9. The van der Waals surface area contributed by atoms with Crippen LogP contribution in [0.1, 0.15) is 24.6 Å². The van der Waals surface area contributed by atoms with Gasteiger partial charge in [-0.1, -0.05) is 0 Å². The van der Waals surface area contributed by atoms with Crippen LogP contribution in [0.2, 0.25) is 0 Å². The molecule has 0 unspecified atom stereocenters. The van der Waals surface area contributed by atoms with Gasteiger partial charge in [0.2, 0.25) is 5.95 Å². The van der Waals surface area contributed by atoms with Gasteiger partial charge in [0.1, 0.15) is 6.33 Å². The van der Waals surface area contributed by atoms with E-state index in [1.807, 2.05) is 12.5 Å². The number of aromatic amines is 1. The van der Waals surface area contributed by atoms with Crippen molar-refractivity contribution in [1.82, 2.24) is 29.6 Å². The predicted molar refractivity (Wildman–Crippen MR) is 74.4 cm³/mol. The molecular weight excluding hydrogens is 254 g/mol. The van der Waals surface area contributed by atoms with Crippen molar-refractivity contribution in [2.45, 2.75) is 25.4 Å². The Labute approximate surface area is 117 Å². The lowest BCUT2D eigenvalue weighted by Crippen LogP contribution is -2.46. The number of anilines is 1. The molecule has 1 saturated heterocycles. The first-order chi connectivity index (χ1) is 9.90. The van der Waals surface area contributed by atoms with Crippen LogP contribution in [-0.2, 0) is 6.54 Å². The summed E-state index contributed by atoms with van der Waals surface area (Å²) in [6.07, 6.45) is 8.18. The second-order valence-electron chi connectivity index (χ2n) is 5.60. The Morgan fingerprint density at radius 3 is 2.75 bits per heavy atom. The Balaban J connectivity index is 1.36. The van der Waals surface area contributed by atoms with Crippen molar-refractivity contribution in [3.8, 4) is 0 Å². The molecule has 1 saturated carbocycles. The second-order valence-corrected chi connectivity index (χ2v) is 5.60. The summed E-state index contributed by atoms with van der Waals surface area (Å²) in [7, 11) is 0. The third kappa shape index (κ3) is 2.29. The van der Waals surface area contributed by atoms with Gasteiger partial charge in [0.15, 0.2) is 0 Å². The fourth-order valence-corrected chi connectivity index (χ4v) is 2.83. The number of aromatic nitrogens is 5. The number of hydrogen-bond acceptors (Lipinski definition) is 5. The number of nitrogens with zero attached hydrogens (tertiary/aromatic N) is 6. The largest absolute Gasteiger partial charge is 0.339 e. The molecule has 0 radical (unpaired) electrons. The molecule has 0 aromatic carbocycles. The van der Waals surface area contributed by atoms with Crippen molar-refractivity contribution < 1.29 is 0 Å². The SMILES string of the molecule is c1n[nH]c(N2CCN(Cc3cncn3C3CC3)CC2)n1. The summed E-state index contributed by atoms with van der Waals surface area (Å²) in [5, 5.41) is 6.84. The Morgan fingerprint density at radius 2 is 2.05 bits per heavy atom. The molecule has 1 N–H and O–H groups in total. The normalized spacial score (nSPS) is 20.5. The van der Waals surface area contributed by atoms with Crippen molar-refractivity contribution in [2.75, 3.05) is 31.1 Å². The Bertz CT molecular complexity index is 549. The maximum atomic E-state index is 4.31. The third-order valence-corrected chi connectivity index (χ3v) is 4.15. The zero-order valence-corrected chi connectivity index (χ0v) is 11.4. The van der Waals surface area contributed by atoms with E-state index in [1.165, 1.54) is 18.5 Å². The Kier molecular flexibility index (Phi) is 2.91. The summed E-state index contributed by atoms with van der Waals surface area (Å²) in [6.45, 7) is 5.09. The minimum absolute atomic E-state index is 0.711. The molecule has 2 aliphatic rings. The molecule has 0 spiro atoms. The molecule has 1 aliphatic carbocycles. The van der Waals surface area contributed by atoms with Gasteiger partial charge in [-0.3, -0.25) is 4.90 Å². The van der Waals surface area contributed by atoms with E-state index in [-0.39, 0.29) is 0 Å². The fraction of sp³-hybridized carbons (Fsp3) is 0.615. The molecule has 106 valence electrons. The smallest absolute Gasteiger partial charge is 0.221 e. The number of rotatable bonds is 4. The van der Waals surface area contributed by atoms with Crippen molar-refractivity contribution >= 4 is 5.95 Å². The van der Waals surface area contributed by atoms with Crippen LogP contribution in [0.25, 0.3) is 0 Å². The number of hydrogen-bond donors (Lipinski definition) is 1. The molecule has 2 aromatic heterocycles. The van der Waals surface area contributed by atoms with E-state index in [0.29, 0.717) is 6.04 Å². The van der Waals surface area contributed by atoms with Crippen molar-refractivity contribution in [1.29, 1.82) is 0 Å². The van der Waals surface area contributed by atoms with E-state index in [1.54, 1.807) is 6.33 Å². The molecule has 20 heavy (non-hydrogen) atoms. The molecule has 0 bridgehead atoms. The summed E-state index contributed by atoms with van der Waals surface area (Å²) < 4.78 is 2.35. The highest BCUT2D eigenvalue weighted by Crippen LogP contribution is 2.35. The molecule has 0 atom stereocenters. The third-order valence-electron chi connectivity index (χ3n) is 4.15. The molecule has 4 rings (SSSR count). The summed E-state index contributed by atoms with van der Waals surface area (Å²) in [5.41, 5.74) is 1.35. The highest BCUT2D eigenvalue weighted by Gasteiger charge is 2.26. The number of imidazole rings is 1. The quantitative estimate of drug-likeness (QED) is 0.886. The highest BCUT2D eigenvalue weighted by atomic mass is 15.4. The van der Waals surface area contributed by atoms with Crippen LogP contribution in [0.5, 0.6) is 0 Å². The predicted octanol–water partition coefficient (Wildman–Crippen LogP) is 0.658. The van der Waals surface area contributed by atoms with Crippen LogP contribution in [0.15, 0.2) is 18.9 Å². The second kappa shape index (κ2) is 4.90. The van der Waals surface area contributed by atoms with Gasteiger partial charge >= 0.3 is 0 Å². The van der Waals surface area contributed by atoms with Crippen molar-refractivity contribution in [2.24, 2.45) is 0 Å². The van der Waals surface area contributed by atoms with Crippen LogP contribution < -0.4 is 4.90 Å². The van der Waals surface area contributed by atoms with Gasteiger partial charge in [-0.05, 0) is 12.8 Å². The molecule has 3 heterocycles. The van der Waals surface area contributed by atoms with Gasteiger partial charge in [-0.15, -0.1) is 0 Å². The maximum Gasteiger partial charge on any atom is 0.221 e. The van der Waals surface area contributed by atoms with Gasteiger partial charge in [-0.25, -0.2) is 10.1 Å². The van der Waals surface area contributed by atoms with E-state index in [9.17, 15) is 0 Å². The van der Waals surface area contributed by atoms with Gasteiger partial charge in [0.25, 0.3) is 0 Å². The first-order valence-electron chi connectivity index (χ1n) is 7.23. The average molecular weight is 273 g/mol. The molecule has 0 amide bonds. The van der Waals surface area contributed by atoms with E-state index >= 15 is 0 Å². The van der Waals surface area contributed by atoms with Crippen molar-refractivity contribution in [3.05, 3.63) is 24.5 Å². The number of piperazine rings is 1.